The van der Waals surface area contributed by atoms with Gasteiger partial charge < -0.3 is 5.73 Å². The van der Waals surface area contributed by atoms with E-state index in [1.807, 2.05) is 6.92 Å². The lowest BCUT2D eigenvalue weighted by atomic mass is 10.2. The molecule has 1 rings (SSSR count). The molecule has 1 heterocycles. The Morgan fingerprint density at radius 2 is 2.36 bits per heavy atom. The molecule has 0 saturated carbocycles. The van der Waals surface area contributed by atoms with Gasteiger partial charge in [0, 0.05) is 11.4 Å². The summed E-state index contributed by atoms with van der Waals surface area (Å²) in [6, 6.07) is 0.395. The first-order chi connectivity index (χ1) is 6.65. The lowest BCUT2D eigenvalue weighted by Gasteiger charge is -2.22. The van der Waals surface area contributed by atoms with E-state index in [0.29, 0.717) is 6.04 Å². The van der Waals surface area contributed by atoms with Gasteiger partial charge in [-0.15, -0.1) is 11.3 Å². The molecule has 1 aromatic heterocycles. The van der Waals surface area contributed by atoms with E-state index in [9.17, 15) is 0 Å². The van der Waals surface area contributed by atoms with Crippen LogP contribution in [0.3, 0.4) is 0 Å². The molecule has 1 unspecified atom stereocenters. The molecular formula is C10H19N3S. The molecule has 0 aliphatic rings. The molecule has 0 radical (unpaired) electrons. The molecule has 0 spiro atoms. The molecule has 0 aliphatic carbocycles. The Hall–Kier alpha value is -0.450. The molecule has 4 heteroatoms. The van der Waals surface area contributed by atoms with Crippen LogP contribution in [-0.2, 0) is 0 Å². The standard InChI is InChI=1S/C10H19N3S/c1-8(13(3)6-4-5-11)10-7-14-9(2)12-10/h7-8H,4-6,11H2,1-3H3. The van der Waals surface area contributed by atoms with Gasteiger partial charge in [-0.2, -0.15) is 0 Å². The lowest BCUT2D eigenvalue weighted by Crippen LogP contribution is -2.25. The quantitative estimate of drug-likeness (QED) is 0.811. The van der Waals surface area contributed by atoms with E-state index in [1.165, 1.54) is 5.69 Å². The normalized spacial score (nSPS) is 13.5. The highest BCUT2D eigenvalue weighted by Crippen LogP contribution is 2.20. The molecule has 0 aliphatic heterocycles. The van der Waals surface area contributed by atoms with E-state index in [-0.39, 0.29) is 0 Å². The van der Waals surface area contributed by atoms with Gasteiger partial charge in [0.05, 0.1) is 10.7 Å². The zero-order chi connectivity index (χ0) is 10.6. The number of hydrogen-bond donors (Lipinski definition) is 1. The molecule has 0 fully saturated rings. The van der Waals surface area contributed by atoms with E-state index in [4.69, 9.17) is 5.73 Å². The van der Waals surface area contributed by atoms with Crippen LogP contribution in [0.4, 0.5) is 0 Å². The van der Waals surface area contributed by atoms with Crippen LogP contribution >= 0.6 is 11.3 Å². The Bertz CT molecular complexity index is 272. The zero-order valence-corrected chi connectivity index (χ0v) is 9.97. The van der Waals surface area contributed by atoms with Gasteiger partial charge in [-0.1, -0.05) is 0 Å². The Morgan fingerprint density at radius 1 is 1.64 bits per heavy atom. The van der Waals surface area contributed by atoms with Crippen molar-refractivity contribution in [2.45, 2.75) is 26.3 Å². The number of rotatable bonds is 5. The summed E-state index contributed by atoms with van der Waals surface area (Å²) in [6.45, 7) is 6.02. The van der Waals surface area contributed by atoms with E-state index in [1.54, 1.807) is 11.3 Å². The van der Waals surface area contributed by atoms with Gasteiger partial charge in [0.25, 0.3) is 0 Å². The smallest absolute Gasteiger partial charge is 0.0898 e. The second kappa shape index (κ2) is 5.44. The van der Waals surface area contributed by atoms with Crippen molar-refractivity contribution in [3.05, 3.63) is 16.1 Å². The van der Waals surface area contributed by atoms with Crippen LogP contribution in [0.25, 0.3) is 0 Å². The lowest BCUT2D eigenvalue weighted by molar-refractivity contribution is 0.256. The summed E-state index contributed by atoms with van der Waals surface area (Å²) < 4.78 is 0. The maximum Gasteiger partial charge on any atom is 0.0898 e. The predicted molar refractivity (Wildman–Crippen MR) is 61.6 cm³/mol. The van der Waals surface area contributed by atoms with Gasteiger partial charge in [-0.3, -0.25) is 4.90 Å². The highest BCUT2D eigenvalue weighted by Gasteiger charge is 2.13. The third kappa shape index (κ3) is 3.04. The second-order valence-electron chi connectivity index (χ2n) is 3.59. The summed E-state index contributed by atoms with van der Waals surface area (Å²) in [5.41, 5.74) is 6.65. The zero-order valence-electron chi connectivity index (χ0n) is 9.16. The predicted octanol–water partition coefficient (Wildman–Crippen LogP) is 1.79. The van der Waals surface area contributed by atoms with E-state index >= 15 is 0 Å². The van der Waals surface area contributed by atoms with Crippen molar-refractivity contribution < 1.29 is 0 Å². The topological polar surface area (TPSA) is 42.2 Å². The highest BCUT2D eigenvalue weighted by atomic mass is 32.1. The van der Waals surface area contributed by atoms with Gasteiger partial charge >= 0.3 is 0 Å². The highest BCUT2D eigenvalue weighted by molar-refractivity contribution is 7.09. The fraction of sp³-hybridized carbons (Fsp3) is 0.700. The van der Waals surface area contributed by atoms with Gasteiger partial charge in [0.1, 0.15) is 0 Å². The van der Waals surface area contributed by atoms with E-state index < -0.39 is 0 Å². The fourth-order valence-corrected chi connectivity index (χ4v) is 2.03. The Labute approximate surface area is 89.9 Å². The van der Waals surface area contributed by atoms with Crippen LogP contribution < -0.4 is 5.73 Å². The van der Waals surface area contributed by atoms with Crippen molar-refractivity contribution in [3.63, 3.8) is 0 Å². The average molecular weight is 213 g/mol. The molecule has 1 atom stereocenters. The Morgan fingerprint density at radius 3 is 2.86 bits per heavy atom. The van der Waals surface area contributed by atoms with Crippen molar-refractivity contribution in [2.24, 2.45) is 5.73 Å². The summed E-state index contributed by atoms with van der Waals surface area (Å²) in [4.78, 5) is 6.78. The summed E-state index contributed by atoms with van der Waals surface area (Å²) in [5, 5.41) is 3.28. The molecule has 1 aromatic rings. The van der Waals surface area contributed by atoms with Gasteiger partial charge in [-0.25, -0.2) is 4.98 Å². The molecule has 14 heavy (non-hydrogen) atoms. The first kappa shape index (κ1) is 11.6. The number of thiazole rings is 1. The van der Waals surface area contributed by atoms with Crippen LogP contribution in [0.5, 0.6) is 0 Å². The maximum atomic E-state index is 5.48. The number of nitrogens with two attached hydrogens (primary N) is 1. The summed E-state index contributed by atoms with van der Waals surface area (Å²) in [5.74, 6) is 0. The average Bonchev–Trinajstić information content (AvgIpc) is 2.60. The first-order valence-corrected chi connectivity index (χ1v) is 5.85. The molecule has 0 saturated heterocycles. The minimum absolute atomic E-state index is 0.395. The maximum absolute atomic E-state index is 5.48. The van der Waals surface area contributed by atoms with Crippen LogP contribution in [0, 0.1) is 6.92 Å². The van der Waals surface area contributed by atoms with E-state index in [0.717, 1.165) is 24.5 Å². The van der Waals surface area contributed by atoms with Crippen LogP contribution in [-0.4, -0.2) is 30.0 Å². The number of nitrogens with zero attached hydrogens (tertiary/aromatic N) is 2. The molecule has 3 nitrogen and oxygen atoms in total. The van der Waals surface area contributed by atoms with Gasteiger partial charge in [0.2, 0.25) is 0 Å². The van der Waals surface area contributed by atoms with Crippen molar-refractivity contribution in [2.75, 3.05) is 20.1 Å². The Balaban J connectivity index is 2.51. The number of hydrogen-bond acceptors (Lipinski definition) is 4. The molecule has 2 N–H and O–H groups in total. The van der Waals surface area contributed by atoms with Crippen LogP contribution in [0.2, 0.25) is 0 Å². The molecular weight excluding hydrogens is 194 g/mol. The van der Waals surface area contributed by atoms with E-state index in [2.05, 4.69) is 29.2 Å². The van der Waals surface area contributed by atoms with Crippen molar-refractivity contribution in [1.29, 1.82) is 0 Å². The van der Waals surface area contributed by atoms with Crippen molar-refractivity contribution in [3.8, 4) is 0 Å². The van der Waals surface area contributed by atoms with Crippen LogP contribution in [0.1, 0.15) is 30.1 Å². The third-order valence-electron chi connectivity index (χ3n) is 2.44. The monoisotopic (exact) mass is 213 g/mol. The molecule has 0 amide bonds. The first-order valence-electron chi connectivity index (χ1n) is 4.97. The second-order valence-corrected chi connectivity index (χ2v) is 4.65. The summed E-state index contributed by atoms with van der Waals surface area (Å²) in [7, 11) is 2.12. The molecule has 80 valence electrons. The van der Waals surface area contributed by atoms with Gasteiger partial charge in [0.15, 0.2) is 0 Å². The third-order valence-corrected chi connectivity index (χ3v) is 3.23. The Kier molecular flexibility index (Phi) is 4.51. The van der Waals surface area contributed by atoms with Gasteiger partial charge in [-0.05, 0) is 40.4 Å². The summed E-state index contributed by atoms with van der Waals surface area (Å²) in [6.07, 6.45) is 1.05. The minimum atomic E-state index is 0.395. The SMILES string of the molecule is Cc1nc(C(C)N(C)CCCN)cs1. The van der Waals surface area contributed by atoms with Crippen LogP contribution in [0.15, 0.2) is 5.38 Å². The largest absolute Gasteiger partial charge is 0.330 e. The van der Waals surface area contributed by atoms with Crippen molar-refractivity contribution >= 4 is 11.3 Å². The molecule has 0 bridgehead atoms. The van der Waals surface area contributed by atoms with Crippen molar-refractivity contribution in [1.82, 2.24) is 9.88 Å². The molecule has 0 aromatic carbocycles. The number of aromatic nitrogens is 1. The number of aryl methyl sites for hydroxylation is 1. The summed E-state index contributed by atoms with van der Waals surface area (Å²) >= 11 is 1.71. The minimum Gasteiger partial charge on any atom is -0.330 e. The fourth-order valence-electron chi connectivity index (χ4n) is 1.33.